The van der Waals surface area contributed by atoms with Gasteiger partial charge in [0, 0.05) is 41.3 Å². The Hall–Kier alpha value is -2.67. The highest BCUT2D eigenvalue weighted by molar-refractivity contribution is 7.91. The number of rotatable bonds is 2. The SMILES string of the molecule is O=C(c1ccc2[nH]ccc2c1)N1CC[C@@H](c2ccccc2F)S(=O)(=O)CC1. The molecule has 1 aliphatic rings. The van der Waals surface area contributed by atoms with Crippen LogP contribution in [0, 0.1) is 5.82 Å². The molecule has 2 aromatic carbocycles. The van der Waals surface area contributed by atoms with E-state index in [1.165, 1.54) is 18.2 Å². The first kappa shape index (κ1) is 17.7. The lowest BCUT2D eigenvalue weighted by atomic mass is 10.1. The predicted molar refractivity (Wildman–Crippen MR) is 102 cm³/mol. The van der Waals surface area contributed by atoms with Crippen LogP contribution in [-0.4, -0.2) is 43.1 Å². The van der Waals surface area contributed by atoms with Gasteiger partial charge in [0.1, 0.15) is 5.82 Å². The molecule has 0 saturated carbocycles. The second-order valence-corrected chi connectivity index (χ2v) is 9.04. The number of amides is 1. The van der Waals surface area contributed by atoms with Gasteiger partial charge in [0.05, 0.1) is 11.0 Å². The fourth-order valence-electron chi connectivity index (χ4n) is 3.60. The first-order valence-corrected chi connectivity index (χ1v) is 10.5. The number of nitrogens with zero attached hydrogens (tertiary/aromatic N) is 1. The van der Waals surface area contributed by atoms with E-state index in [0.29, 0.717) is 5.56 Å². The van der Waals surface area contributed by atoms with Crippen LogP contribution in [-0.2, 0) is 9.84 Å². The summed E-state index contributed by atoms with van der Waals surface area (Å²) in [6.45, 7) is 0.375. The number of hydrogen-bond donors (Lipinski definition) is 1. The molecule has 1 aliphatic heterocycles. The largest absolute Gasteiger partial charge is 0.361 e. The van der Waals surface area contributed by atoms with Gasteiger partial charge in [-0.3, -0.25) is 4.79 Å². The highest BCUT2D eigenvalue weighted by Gasteiger charge is 2.34. The van der Waals surface area contributed by atoms with E-state index in [0.717, 1.165) is 10.9 Å². The maximum absolute atomic E-state index is 14.1. The molecule has 0 radical (unpaired) electrons. The quantitative estimate of drug-likeness (QED) is 0.735. The highest BCUT2D eigenvalue weighted by Crippen LogP contribution is 2.31. The van der Waals surface area contributed by atoms with Gasteiger partial charge in [-0.1, -0.05) is 18.2 Å². The molecule has 140 valence electrons. The van der Waals surface area contributed by atoms with E-state index in [2.05, 4.69) is 4.98 Å². The minimum Gasteiger partial charge on any atom is -0.361 e. The minimum absolute atomic E-state index is 0.108. The topological polar surface area (TPSA) is 70.2 Å². The van der Waals surface area contributed by atoms with E-state index < -0.39 is 20.9 Å². The number of aromatic amines is 1. The summed E-state index contributed by atoms with van der Waals surface area (Å²) < 4.78 is 39.5. The molecule has 5 nitrogen and oxygen atoms in total. The molecule has 1 aromatic heterocycles. The molecule has 27 heavy (non-hydrogen) atoms. The van der Waals surface area contributed by atoms with Crippen LogP contribution in [0.5, 0.6) is 0 Å². The molecule has 0 spiro atoms. The number of carbonyl (C=O) groups is 1. The fraction of sp³-hybridized carbons (Fsp3) is 0.250. The Labute approximate surface area is 156 Å². The highest BCUT2D eigenvalue weighted by atomic mass is 32.2. The van der Waals surface area contributed by atoms with E-state index in [9.17, 15) is 17.6 Å². The standard InChI is InChI=1S/C20H19FN2O3S/c21-17-4-2-1-3-16(17)19-8-10-23(11-12-27(19,25)26)20(24)15-5-6-18-14(13-15)7-9-22-18/h1-7,9,13,19,22H,8,10-12H2/t19-/m0/s1. The number of halogens is 1. The van der Waals surface area contributed by atoms with Gasteiger partial charge in [-0.05, 0) is 36.8 Å². The number of benzene rings is 2. The maximum atomic E-state index is 14.1. The predicted octanol–water partition coefficient (Wildman–Crippen LogP) is 3.31. The van der Waals surface area contributed by atoms with Crippen molar-refractivity contribution in [2.75, 3.05) is 18.8 Å². The van der Waals surface area contributed by atoms with Crippen molar-refractivity contribution in [3.05, 3.63) is 71.7 Å². The van der Waals surface area contributed by atoms with Crippen molar-refractivity contribution in [1.82, 2.24) is 9.88 Å². The molecule has 1 amide bonds. The molecule has 7 heteroatoms. The van der Waals surface area contributed by atoms with Crippen LogP contribution in [0.2, 0.25) is 0 Å². The molecule has 1 atom stereocenters. The third-order valence-electron chi connectivity index (χ3n) is 5.08. The van der Waals surface area contributed by atoms with E-state index in [-0.39, 0.29) is 36.7 Å². The lowest BCUT2D eigenvalue weighted by Gasteiger charge is -2.20. The molecular weight excluding hydrogens is 367 g/mol. The normalized spacial score (nSPS) is 19.7. The monoisotopic (exact) mass is 386 g/mol. The second kappa shape index (κ2) is 6.81. The molecule has 0 unspecified atom stereocenters. The summed E-state index contributed by atoms with van der Waals surface area (Å²) >= 11 is 0. The average Bonchev–Trinajstić information content (AvgIpc) is 3.06. The molecule has 1 saturated heterocycles. The van der Waals surface area contributed by atoms with E-state index in [1.807, 2.05) is 12.1 Å². The van der Waals surface area contributed by atoms with Crippen LogP contribution < -0.4 is 0 Å². The lowest BCUT2D eigenvalue weighted by Crippen LogP contribution is -2.33. The van der Waals surface area contributed by atoms with Gasteiger partial charge in [-0.15, -0.1) is 0 Å². The Morgan fingerprint density at radius 1 is 1.11 bits per heavy atom. The Morgan fingerprint density at radius 2 is 1.93 bits per heavy atom. The zero-order valence-electron chi connectivity index (χ0n) is 14.6. The van der Waals surface area contributed by atoms with E-state index >= 15 is 0 Å². The molecule has 0 aliphatic carbocycles. The smallest absolute Gasteiger partial charge is 0.253 e. The summed E-state index contributed by atoms with van der Waals surface area (Å²) in [5.41, 5.74) is 1.63. The van der Waals surface area contributed by atoms with Gasteiger partial charge in [-0.25, -0.2) is 12.8 Å². The third-order valence-corrected chi connectivity index (χ3v) is 7.19. The van der Waals surface area contributed by atoms with E-state index in [4.69, 9.17) is 0 Å². The minimum atomic E-state index is -3.55. The van der Waals surface area contributed by atoms with Crippen LogP contribution in [0.15, 0.2) is 54.7 Å². The third kappa shape index (κ3) is 3.35. The Morgan fingerprint density at radius 3 is 2.74 bits per heavy atom. The summed E-state index contributed by atoms with van der Waals surface area (Å²) in [7, 11) is -3.55. The Kier molecular flexibility index (Phi) is 4.47. The van der Waals surface area contributed by atoms with Crippen molar-refractivity contribution >= 4 is 26.6 Å². The molecule has 2 heterocycles. The van der Waals surface area contributed by atoms with Crippen molar-refractivity contribution in [3.63, 3.8) is 0 Å². The zero-order valence-corrected chi connectivity index (χ0v) is 15.4. The van der Waals surface area contributed by atoms with Gasteiger partial charge >= 0.3 is 0 Å². The number of carbonyl (C=O) groups excluding carboxylic acids is 1. The van der Waals surface area contributed by atoms with Gasteiger partial charge < -0.3 is 9.88 Å². The molecular formula is C20H19FN2O3S. The van der Waals surface area contributed by atoms with Crippen molar-refractivity contribution in [2.24, 2.45) is 0 Å². The molecule has 0 bridgehead atoms. The Bertz CT molecular complexity index is 1110. The maximum Gasteiger partial charge on any atom is 0.253 e. The van der Waals surface area contributed by atoms with E-state index in [1.54, 1.807) is 29.3 Å². The second-order valence-electron chi connectivity index (χ2n) is 6.74. The summed E-state index contributed by atoms with van der Waals surface area (Å²) in [5.74, 6) is -0.907. The summed E-state index contributed by atoms with van der Waals surface area (Å²) in [5, 5.41) is -0.00354. The summed E-state index contributed by atoms with van der Waals surface area (Å²) in [6, 6.07) is 13.2. The Balaban J connectivity index is 1.60. The van der Waals surface area contributed by atoms with Crippen LogP contribution >= 0.6 is 0 Å². The zero-order chi connectivity index (χ0) is 19.0. The summed E-state index contributed by atoms with van der Waals surface area (Å²) in [4.78, 5) is 17.5. The first-order valence-electron chi connectivity index (χ1n) is 8.78. The van der Waals surface area contributed by atoms with Gasteiger partial charge in [0.15, 0.2) is 9.84 Å². The number of aromatic nitrogens is 1. The molecule has 3 aromatic rings. The van der Waals surface area contributed by atoms with Crippen molar-refractivity contribution in [3.8, 4) is 0 Å². The number of nitrogens with one attached hydrogen (secondary N) is 1. The van der Waals surface area contributed by atoms with Crippen LogP contribution in [0.25, 0.3) is 10.9 Å². The van der Waals surface area contributed by atoms with Crippen molar-refractivity contribution < 1.29 is 17.6 Å². The fourth-order valence-corrected chi connectivity index (χ4v) is 5.40. The van der Waals surface area contributed by atoms with Crippen molar-refractivity contribution in [2.45, 2.75) is 11.7 Å². The van der Waals surface area contributed by atoms with Gasteiger partial charge in [-0.2, -0.15) is 0 Å². The lowest BCUT2D eigenvalue weighted by molar-refractivity contribution is 0.0766. The number of hydrogen-bond acceptors (Lipinski definition) is 3. The van der Waals surface area contributed by atoms with Crippen LogP contribution in [0.3, 0.4) is 0 Å². The first-order chi connectivity index (χ1) is 13.0. The van der Waals surface area contributed by atoms with Gasteiger partial charge in [0.25, 0.3) is 5.91 Å². The molecule has 1 N–H and O–H groups in total. The average molecular weight is 386 g/mol. The van der Waals surface area contributed by atoms with Crippen LogP contribution in [0.1, 0.15) is 27.6 Å². The van der Waals surface area contributed by atoms with Crippen molar-refractivity contribution in [1.29, 1.82) is 0 Å². The number of fused-ring (bicyclic) bond motifs is 1. The number of H-pyrrole nitrogens is 1. The van der Waals surface area contributed by atoms with Crippen LogP contribution in [0.4, 0.5) is 4.39 Å². The van der Waals surface area contributed by atoms with Gasteiger partial charge in [0.2, 0.25) is 0 Å². The number of sulfone groups is 1. The summed E-state index contributed by atoms with van der Waals surface area (Å²) in [6.07, 6.45) is 1.98. The molecule has 4 rings (SSSR count). The molecule has 1 fully saturated rings.